The highest BCUT2D eigenvalue weighted by Gasteiger charge is 2.32. The van der Waals surface area contributed by atoms with Gasteiger partial charge in [0, 0.05) is 41.8 Å². The number of aryl methyl sites for hydroxylation is 1. The van der Waals surface area contributed by atoms with Crippen molar-refractivity contribution in [3.8, 4) is 0 Å². The van der Waals surface area contributed by atoms with Gasteiger partial charge in [-0.15, -0.1) is 0 Å². The number of hydroxylamine groups is 1. The van der Waals surface area contributed by atoms with Gasteiger partial charge in [-0.25, -0.2) is 5.48 Å². The SMILES string of the molecule is O=C(C=Cc1ccc2c(c1)CCC2N(CCO)C(CO)Cc1c[nH]c2ccccc12)NO. The van der Waals surface area contributed by atoms with E-state index in [1.54, 1.807) is 11.6 Å². The van der Waals surface area contributed by atoms with Crippen molar-refractivity contribution in [2.75, 3.05) is 19.8 Å². The molecule has 0 saturated carbocycles. The average Bonchev–Trinajstić information content (AvgIpc) is 3.43. The molecule has 1 aromatic heterocycles. The summed E-state index contributed by atoms with van der Waals surface area (Å²) in [6, 6.07) is 14.2. The van der Waals surface area contributed by atoms with E-state index in [1.165, 1.54) is 17.2 Å². The van der Waals surface area contributed by atoms with Crippen LogP contribution in [-0.2, 0) is 17.6 Å². The molecule has 168 valence electrons. The Balaban J connectivity index is 1.57. The monoisotopic (exact) mass is 435 g/mol. The van der Waals surface area contributed by atoms with E-state index < -0.39 is 5.91 Å². The summed E-state index contributed by atoms with van der Waals surface area (Å²) in [4.78, 5) is 16.8. The van der Waals surface area contributed by atoms with Crippen LogP contribution in [0.5, 0.6) is 0 Å². The van der Waals surface area contributed by atoms with Crippen molar-refractivity contribution in [1.82, 2.24) is 15.4 Å². The maximum atomic E-state index is 11.2. The van der Waals surface area contributed by atoms with Gasteiger partial charge in [0.25, 0.3) is 5.91 Å². The second kappa shape index (κ2) is 10.1. The van der Waals surface area contributed by atoms with Crippen molar-refractivity contribution in [2.24, 2.45) is 0 Å². The van der Waals surface area contributed by atoms with Gasteiger partial charge in [-0.3, -0.25) is 14.9 Å². The van der Waals surface area contributed by atoms with Crippen molar-refractivity contribution < 1.29 is 20.2 Å². The lowest BCUT2D eigenvalue weighted by Crippen LogP contribution is -2.43. The average molecular weight is 436 g/mol. The zero-order valence-electron chi connectivity index (χ0n) is 17.9. The molecule has 5 N–H and O–H groups in total. The smallest absolute Gasteiger partial charge is 0.267 e. The Morgan fingerprint density at radius 2 is 2.09 bits per heavy atom. The first kappa shape index (κ1) is 22.2. The first-order valence-electron chi connectivity index (χ1n) is 10.9. The minimum absolute atomic E-state index is 0.00241. The van der Waals surface area contributed by atoms with E-state index in [9.17, 15) is 15.0 Å². The third-order valence-corrected chi connectivity index (χ3v) is 6.32. The van der Waals surface area contributed by atoms with E-state index >= 15 is 0 Å². The van der Waals surface area contributed by atoms with Gasteiger partial charge in [-0.2, -0.15) is 0 Å². The van der Waals surface area contributed by atoms with Crippen molar-refractivity contribution in [1.29, 1.82) is 0 Å². The van der Waals surface area contributed by atoms with Crippen LogP contribution in [0.1, 0.15) is 34.7 Å². The van der Waals surface area contributed by atoms with Gasteiger partial charge in [-0.1, -0.05) is 36.4 Å². The molecule has 7 nitrogen and oxygen atoms in total. The highest BCUT2D eigenvalue weighted by atomic mass is 16.5. The maximum Gasteiger partial charge on any atom is 0.267 e. The molecule has 0 fully saturated rings. The molecule has 2 unspecified atom stereocenters. The molecule has 1 amide bonds. The van der Waals surface area contributed by atoms with Gasteiger partial charge in [0.15, 0.2) is 0 Å². The maximum absolute atomic E-state index is 11.2. The fourth-order valence-corrected chi connectivity index (χ4v) is 4.82. The van der Waals surface area contributed by atoms with Crippen LogP contribution in [0, 0.1) is 0 Å². The van der Waals surface area contributed by atoms with E-state index in [0.29, 0.717) is 13.0 Å². The summed E-state index contributed by atoms with van der Waals surface area (Å²) in [6.07, 6.45) is 7.44. The second-order valence-electron chi connectivity index (χ2n) is 8.18. The molecule has 3 aromatic rings. The number of fused-ring (bicyclic) bond motifs is 2. The molecule has 1 aliphatic rings. The zero-order chi connectivity index (χ0) is 22.5. The van der Waals surface area contributed by atoms with E-state index in [2.05, 4.69) is 28.1 Å². The lowest BCUT2D eigenvalue weighted by molar-refractivity contribution is -0.124. The fourth-order valence-electron chi connectivity index (χ4n) is 4.82. The molecule has 0 spiro atoms. The number of aromatic amines is 1. The number of nitrogens with zero attached hydrogens (tertiary/aromatic N) is 1. The quantitative estimate of drug-likeness (QED) is 0.202. The Morgan fingerprint density at radius 1 is 1.25 bits per heavy atom. The fraction of sp³-hybridized carbons (Fsp3) is 0.320. The molecule has 2 atom stereocenters. The molecule has 2 aromatic carbocycles. The predicted molar refractivity (Wildman–Crippen MR) is 123 cm³/mol. The molecule has 0 bridgehead atoms. The number of carbonyl (C=O) groups is 1. The van der Waals surface area contributed by atoms with E-state index in [0.717, 1.165) is 34.9 Å². The molecular weight excluding hydrogens is 406 g/mol. The molecular formula is C25H29N3O4. The minimum Gasteiger partial charge on any atom is -0.395 e. The number of carbonyl (C=O) groups excluding carboxylic acids is 1. The van der Waals surface area contributed by atoms with Crippen molar-refractivity contribution in [3.63, 3.8) is 0 Å². The van der Waals surface area contributed by atoms with Crippen LogP contribution in [0.15, 0.2) is 54.7 Å². The molecule has 0 saturated heterocycles. The van der Waals surface area contributed by atoms with Crippen molar-refractivity contribution in [2.45, 2.75) is 31.3 Å². The molecule has 0 aliphatic heterocycles. The topological polar surface area (TPSA) is 109 Å². The molecule has 1 heterocycles. The highest BCUT2D eigenvalue weighted by molar-refractivity contribution is 5.90. The van der Waals surface area contributed by atoms with Crippen LogP contribution >= 0.6 is 0 Å². The number of aromatic nitrogens is 1. The number of rotatable bonds is 9. The number of hydrogen-bond acceptors (Lipinski definition) is 5. The Morgan fingerprint density at radius 3 is 2.88 bits per heavy atom. The summed E-state index contributed by atoms with van der Waals surface area (Å²) in [5.41, 5.74) is 7.11. The van der Waals surface area contributed by atoms with Crippen LogP contribution in [0.4, 0.5) is 0 Å². The number of aliphatic hydroxyl groups is 2. The number of hydrogen-bond donors (Lipinski definition) is 5. The molecule has 4 rings (SSSR count). The number of benzene rings is 2. The van der Waals surface area contributed by atoms with Gasteiger partial charge in [0.2, 0.25) is 0 Å². The molecule has 32 heavy (non-hydrogen) atoms. The predicted octanol–water partition coefficient (Wildman–Crippen LogP) is 2.57. The van der Waals surface area contributed by atoms with Crippen molar-refractivity contribution in [3.05, 3.63) is 77.0 Å². The number of para-hydroxylation sites is 1. The molecule has 1 aliphatic carbocycles. The van der Waals surface area contributed by atoms with Gasteiger partial charge < -0.3 is 15.2 Å². The first-order valence-corrected chi connectivity index (χ1v) is 10.9. The summed E-state index contributed by atoms with van der Waals surface area (Å²) < 4.78 is 0. The van der Waals surface area contributed by atoms with Crippen LogP contribution < -0.4 is 5.48 Å². The number of nitrogens with one attached hydrogen (secondary N) is 2. The summed E-state index contributed by atoms with van der Waals surface area (Å²) in [7, 11) is 0. The van der Waals surface area contributed by atoms with E-state index in [1.807, 2.05) is 30.5 Å². The summed E-state index contributed by atoms with van der Waals surface area (Å²) in [5.74, 6) is -0.569. The lowest BCUT2D eigenvalue weighted by atomic mass is 9.99. The normalized spacial score (nSPS) is 16.7. The standard InChI is InChI=1S/C25H29N3O4/c29-12-11-28(20(16-30)14-19-15-26-23-4-2-1-3-21(19)23)24-9-7-18-13-17(5-8-22(18)24)6-10-25(31)27-32/h1-6,8,10,13,15,20,24,26,29-30,32H,7,9,11-12,14,16H2,(H,27,31). The molecule has 7 heteroatoms. The minimum atomic E-state index is -0.569. The van der Waals surface area contributed by atoms with Crippen LogP contribution in [0.2, 0.25) is 0 Å². The lowest BCUT2D eigenvalue weighted by Gasteiger charge is -2.35. The number of aliphatic hydroxyl groups excluding tert-OH is 2. The Kier molecular flexibility index (Phi) is 7.02. The zero-order valence-corrected chi connectivity index (χ0v) is 17.9. The van der Waals surface area contributed by atoms with Gasteiger partial charge >= 0.3 is 0 Å². The van der Waals surface area contributed by atoms with Crippen molar-refractivity contribution >= 4 is 22.9 Å². The Labute approximate surface area is 187 Å². The summed E-state index contributed by atoms with van der Waals surface area (Å²) >= 11 is 0. The van der Waals surface area contributed by atoms with Crippen LogP contribution in [-0.4, -0.2) is 57.0 Å². The summed E-state index contributed by atoms with van der Waals surface area (Å²) in [5, 5.41) is 29.9. The van der Waals surface area contributed by atoms with Crippen LogP contribution in [0.25, 0.3) is 17.0 Å². The van der Waals surface area contributed by atoms with Gasteiger partial charge in [0.05, 0.1) is 13.2 Å². The first-order chi connectivity index (χ1) is 15.6. The summed E-state index contributed by atoms with van der Waals surface area (Å²) in [6.45, 7) is 0.506. The van der Waals surface area contributed by atoms with E-state index in [4.69, 9.17) is 5.21 Å². The number of amides is 1. The van der Waals surface area contributed by atoms with Crippen LogP contribution in [0.3, 0.4) is 0 Å². The van der Waals surface area contributed by atoms with E-state index in [-0.39, 0.29) is 25.3 Å². The Bertz CT molecular complexity index is 1110. The number of H-pyrrole nitrogens is 1. The van der Waals surface area contributed by atoms with Gasteiger partial charge in [-0.05, 0) is 53.7 Å². The second-order valence-corrected chi connectivity index (χ2v) is 8.18. The van der Waals surface area contributed by atoms with Gasteiger partial charge in [0.1, 0.15) is 0 Å². The largest absolute Gasteiger partial charge is 0.395 e. The third kappa shape index (κ3) is 4.61. The molecule has 0 radical (unpaired) electrons. The third-order valence-electron chi connectivity index (χ3n) is 6.32. The Hall–Kier alpha value is -2.97. The highest BCUT2D eigenvalue weighted by Crippen LogP contribution is 2.38.